The van der Waals surface area contributed by atoms with Gasteiger partial charge in [0.1, 0.15) is 12.7 Å². The summed E-state index contributed by atoms with van der Waals surface area (Å²) in [5.74, 6) is 5.72. The molecular weight excluding hydrogens is 362 g/mol. The molecule has 0 atom stereocenters. The second-order valence-corrected chi connectivity index (χ2v) is 6.55. The summed E-state index contributed by atoms with van der Waals surface area (Å²) in [6.07, 6.45) is 2.53. The topological polar surface area (TPSA) is 75.0 Å². The molecule has 2 aromatic carbocycles. The van der Waals surface area contributed by atoms with Gasteiger partial charge >= 0.3 is 6.09 Å². The van der Waals surface area contributed by atoms with Gasteiger partial charge in [-0.3, -0.25) is 4.98 Å². The molecule has 0 radical (unpaired) electrons. The first kappa shape index (κ1) is 18.3. The van der Waals surface area contributed by atoms with Crippen LogP contribution in [0.15, 0.2) is 67.0 Å². The normalized spacial score (nSPS) is 11.4. The van der Waals surface area contributed by atoms with Crippen LogP contribution >= 0.6 is 0 Å². The smallest absolute Gasteiger partial charge is 0.407 e. The van der Waals surface area contributed by atoms with Gasteiger partial charge in [0.25, 0.3) is 0 Å². The molecule has 1 aliphatic carbocycles. The lowest BCUT2D eigenvalue weighted by molar-refractivity contribution is 0.144. The minimum atomic E-state index is -0.509. The molecule has 3 aromatic rings. The summed E-state index contributed by atoms with van der Waals surface area (Å²) < 4.78 is 5.46. The molecule has 0 unspecified atom stereocenters. The summed E-state index contributed by atoms with van der Waals surface area (Å²) in [7, 11) is 0. The lowest BCUT2D eigenvalue weighted by atomic mass is 9.98. The lowest BCUT2D eigenvalue weighted by Gasteiger charge is -2.14. The molecule has 4 rings (SSSR count). The molecule has 0 aliphatic heterocycles. The molecule has 1 aromatic heterocycles. The predicted octanol–water partition coefficient (Wildman–Crippen LogP) is 3.84. The quantitative estimate of drug-likeness (QED) is 0.702. The van der Waals surface area contributed by atoms with Crippen molar-refractivity contribution < 1.29 is 9.53 Å². The van der Waals surface area contributed by atoms with Crippen molar-refractivity contribution >= 4 is 6.09 Å². The number of aromatic nitrogens is 1. The number of nitriles is 1. The highest BCUT2D eigenvalue weighted by molar-refractivity contribution is 5.79. The van der Waals surface area contributed by atoms with E-state index in [1.54, 1.807) is 12.3 Å². The highest BCUT2D eigenvalue weighted by Crippen LogP contribution is 2.44. The molecule has 0 saturated carbocycles. The summed E-state index contributed by atoms with van der Waals surface area (Å²) in [6.45, 7) is 0.412. The fraction of sp³-hybridized carbons (Fsp3) is 0.125. The van der Waals surface area contributed by atoms with Crippen LogP contribution in [0.2, 0.25) is 0 Å². The third-order valence-corrected chi connectivity index (χ3v) is 4.76. The molecule has 1 aliphatic rings. The van der Waals surface area contributed by atoms with E-state index >= 15 is 0 Å². The van der Waals surface area contributed by atoms with E-state index in [2.05, 4.69) is 46.4 Å². The van der Waals surface area contributed by atoms with Gasteiger partial charge in [-0.1, -0.05) is 60.4 Å². The van der Waals surface area contributed by atoms with E-state index in [4.69, 9.17) is 10.00 Å². The minimum absolute atomic E-state index is 0.0269. The minimum Gasteiger partial charge on any atom is -0.449 e. The Morgan fingerprint density at radius 2 is 1.69 bits per heavy atom. The van der Waals surface area contributed by atoms with Gasteiger partial charge in [0.15, 0.2) is 0 Å². The van der Waals surface area contributed by atoms with Gasteiger partial charge in [0.2, 0.25) is 0 Å². The van der Waals surface area contributed by atoms with Crippen molar-refractivity contribution in [3.8, 4) is 29.0 Å². The fourth-order valence-electron chi connectivity index (χ4n) is 3.48. The number of nitrogens with one attached hydrogen (secondary N) is 1. The molecule has 1 amide bonds. The standard InChI is InChI=1S/C24H17N3O2/c25-13-18-12-17(14-26-15-18)6-5-11-27-24(28)29-16-23-21-9-3-1-7-19(21)20-8-2-4-10-22(20)23/h1-4,7-10,12,14-15,23H,11,16H2,(H,27,28). The van der Waals surface area contributed by atoms with Crippen molar-refractivity contribution in [2.24, 2.45) is 0 Å². The predicted molar refractivity (Wildman–Crippen MR) is 109 cm³/mol. The summed E-state index contributed by atoms with van der Waals surface area (Å²) >= 11 is 0. The van der Waals surface area contributed by atoms with E-state index in [9.17, 15) is 4.79 Å². The molecule has 140 valence electrons. The van der Waals surface area contributed by atoms with Crippen LogP contribution in [0.5, 0.6) is 0 Å². The molecule has 29 heavy (non-hydrogen) atoms. The van der Waals surface area contributed by atoms with Crippen molar-refractivity contribution in [3.05, 3.63) is 89.2 Å². The molecule has 5 heteroatoms. The largest absolute Gasteiger partial charge is 0.449 e. The third kappa shape index (κ3) is 3.95. The van der Waals surface area contributed by atoms with Crippen LogP contribution in [0.4, 0.5) is 4.79 Å². The van der Waals surface area contributed by atoms with Gasteiger partial charge < -0.3 is 10.1 Å². The Bertz CT molecular complexity index is 1120. The molecule has 0 bridgehead atoms. The van der Waals surface area contributed by atoms with E-state index in [1.165, 1.54) is 28.5 Å². The Morgan fingerprint density at radius 3 is 2.38 bits per heavy atom. The zero-order valence-electron chi connectivity index (χ0n) is 15.6. The van der Waals surface area contributed by atoms with Crippen molar-refractivity contribution in [1.82, 2.24) is 10.3 Å². The Morgan fingerprint density at radius 1 is 1.03 bits per heavy atom. The SMILES string of the molecule is N#Cc1cncc(C#CCNC(=O)OCC2c3ccccc3-c3ccccc32)c1. The van der Waals surface area contributed by atoms with Crippen LogP contribution in [0, 0.1) is 23.2 Å². The number of hydrogen-bond acceptors (Lipinski definition) is 4. The number of benzene rings is 2. The molecule has 0 spiro atoms. The van der Waals surface area contributed by atoms with Crippen molar-refractivity contribution in [1.29, 1.82) is 5.26 Å². The summed E-state index contributed by atoms with van der Waals surface area (Å²) in [4.78, 5) is 16.0. The summed E-state index contributed by atoms with van der Waals surface area (Å²) in [5, 5.41) is 11.5. The molecule has 1 heterocycles. The molecule has 0 fully saturated rings. The van der Waals surface area contributed by atoms with Crippen molar-refractivity contribution in [3.63, 3.8) is 0 Å². The number of hydrogen-bond donors (Lipinski definition) is 1. The lowest BCUT2D eigenvalue weighted by Crippen LogP contribution is -2.26. The number of carbonyl (C=O) groups is 1. The van der Waals surface area contributed by atoms with Crippen LogP contribution in [0.3, 0.4) is 0 Å². The number of rotatable bonds is 3. The van der Waals surface area contributed by atoms with Gasteiger partial charge in [-0.15, -0.1) is 0 Å². The number of ether oxygens (including phenoxy) is 1. The van der Waals surface area contributed by atoms with Crippen molar-refractivity contribution in [2.75, 3.05) is 13.2 Å². The van der Waals surface area contributed by atoms with E-state index in [0.29, 0.717) is 11.1 Å². The summed E-state index contributed by atoms with van der Waals surface area (Å²) in [6, 6.07) is 20.1. The number of pyridine rings is 1. The first-order chi connectivity index (χ1) is 14.3. The van der Waals surface area contributed by atoms with E-state index in [-0.39, 0.29) is 19.1 Å². The highest BCUT2D eigenvalue weighted by Gasteiger charge is 2.28. The van der Waals surface area contributed by atoms with E-state index in [0.717, 1.165) is 0 Å². The average Bonchev–Trinajstić information content (AvgIpc) is 3.09. The monoisotopic (exact) mass is 379 g/mol. The number of alkyl carbamates (subject to hydrolysis) is 1. The zero-order valence-corrected chi connectivity index (χ0v) is 15.6. The van der Waals surface area contributed by atoms with Crippen LogP contribution in [0.1, 0.15) is 28.2 Å². The highest BCUT2D eigenvalue weighted by atomic mass is 16.5. The van der Waals surface area contributed by atoms with Crippen LogP contribution in [-0.2, 0) is 4.74 Å². The number of carbonyl (C=O) groups excluding carboxylic acids is 1. The van der Waals surface area contributed by atoms with Crippen LogP contribution < -0.4 is 5.32 Å². The van der Waals surface area contributed by atoms with Gasteiger partial charge in [-0.2, -0.15) is 5.26 Å². The van der Waals surface area contributed by atoms with E-state index < -0.39 is 6.09 Å². The molecule has 1 N–H and O–H groups in total. The summed E-state index contributed by atoms with van der Waals surface area (Å²) in [5.41, 5.74) is 5.80. The Hall–Kier alpha value is -4.09. The Balaban J connectivity index is 1.35. The first-order valence-electron chi connectivity index (χ1n) is 9.19. The molecule has 5 nitrogen and oxygen atoms in total. The number of nitrogens with zero attached hydrogens (tertiary/aromatic N) is 2. The van der Waals surface area contributed by atoms with Gasteiger partial charge in [0.05, 0.1) is 12.1 Å². The van der Waals surface area contributed by atoms with Crippen LogP contribution in [0.25, 0.3) is 11.1 Å². The first-order valence-corrected chi connectivity index (χ1v) is 9.19. The maximum Gasteiger partial charge on any atom is 0.407 e. The average molecular weight is 379 g/mol. The maximum atomic E-state index is 12.1. The zero-order chi connectivity index (χ0) is 20.1. The fourth-order valence-corrected chi connectivity index (χ4v) is 3.48. The second kappa shape index (κ2) is 8.29. The van der Waals surface area contributed by atoms with Gasteiger partial charge in [-0.05, 0) is 28.3 Å². The van der Waals surface area contributed by atoms with Gasteiger partial charge in [-0.25, -0.2) is 4.79 Å². The Labute approximate surface area is 169 Å². The van der Waals surface area contributed by atoms with Gasteiger partial charge in [0, 0.05) is 23.9 Å². The maximum absolute atomic E-state index is 12.1. The second-order valence-electron chi connectivity index (χ2n) is 6.55. The Kier molecular flexibility index (Phi) is 5.23. The van der Waals surface area contributed by atoms with Crippen molar-refractivity contribution in [2.45, 2.75) is 5.92 Å². The van der Waals surface area contributed by atoms with E-state index in [1.807, 2.05) is 30.3 Å². The van der Waals surface area contributed by atoms with Crippen LogP contribution in [-0.4, -0.2) is 24.2 Å². The third-order valence-electron chi connectivity index (χ3n) is 4.76. The number of amides is 1. The molecular formula is C24H17N3O2. The number of fused-ring (bicyclic) bond motifs is 3. The molecule has 0 saturated heterocycles.